The Morgan fingerprint density at radius 1 is 1.00 bits per heavy atom. The Hall–Kier alpha value is -4.99. The molecule has 0 atom stereocenters. The van der Waals surface area contributed by atoms with Crippen molar-refractivity contribution in [2.75, 3.05) is 11.9 Å². The van der Waals surface area contributed by atoms with Gasteiger partial charge in [0, 0.05) is 24.0 Å². The second-order valence-corrected chi connectivity index (χ2v) is 9.13. The van der Waals surface area contributed by atoms with Crippen molar-refractivity contribution in [3.8, 4) is 11.4 Å². The van der Waals surface area contributed by atoms with Crippen LogP contribution in [-0.4, -0.2) is 48.6 Å². The summed E-state index contributed by atoms with van der Waals surface area (Å²) in [6.45, 7) is 3.30. The topological polar surface area (TPSA) is 124 Å². The first kappa shape index (κ1) is 25.7. The van der Waals surface area contributed by atoms with Crippen molar-refractivity contribution in [2.45, 2.75) is 32.9 Å². The molecule has 0 unspecified atom stereocenters. The Morgan fingerprint density at radius 2 is 1.82 bits per heavy atom. The van der Waals surface area contributed by atoms with Crippen LogP contribution in [0.1, 0.15) is 41.3 Å². The van der Waals surface area contributed by atoms with E-state index in [1.54, 1.807) is 24.3 Å². The third-order valence-electron chi connectivity index (χ3n) is 6.33. The van der Waals surface area contributed by atoms with E-state index in [9.17, 15) is 14.7 Å². The minimum absolute atomic E-state index is 0.210. The number of anilines is 1. The molecule has 39 heavy (non-hydrogen) atoms. The van der Waals surface area contributed by atoms with Crippen LogP contribution in [0.4, 0.5) is 10.5 Å². The average molecular weight is 525 g/mol. The van der Waals surface area contributed by atoms with Crippen LogP contribution in [0.15, 0.2) is 79.0 Å². The van der Waals surface area contributed by atoms with E-state index in [4.69, 9.17) is 4.74 Å². The number of ether oxygens (including phenoxy) is 1. The quantitative estimate of drug-likeness (QED) is 0.233. The lowest BCUT2D eigenvalue weighted by Crippen LogP contribution is -2.14. The number of aromatic nitrogens is 5. The van der Waals surface area contributed by atoms with Crippen LogP contribution >= 0.6 is 0 Å². The number of amides is 1. The summed E-state index contributed by atoms with van der Waals surface area (Å²) in [6, 6.07) is 22.5. The van der Waals surface area contributed by atoms with Crippen LogP contribution in [0.2, 0.25) is 0 Å². The largest absolute Gasteiger partial charge is 0.478 e. The molecule has 5 aromatic rings. The molecule has 10 nitrogen and oxygen atoms in total. The lowest BCUT2D eigenvalue weighted by Gasteiger charge is -2.09. The number of rotatable bonds is 10. The van der Waals surface area contributed by atoms with E-state index in [0.717, 1.165) is 34.9 Å². The fraction of sp³-hybridized carbons (Fsp3) is 0.207. The first-order valence-corrected chi connectivity index (χ1v) is 12.7. The van der Waals surface area contributed by atoms with Gasteiger partial charge in [-0.2, -0.15) is 4.80 Å². The van der Waals surface area contributed by atoms with Gasteiger partial charge in [0.15, 0.2) is 0 Å². The van der Waals surface area contributed by atoms with Gasteiger partial charge in [0.1, 0.15) is 0 Å². The smallest absolute Gasteiger partial charge is 0.411 e. The summed E-state index contributed by atoms with van der Waals surface area (Å²) in [4.78, 5) is 24.9. The highest BCUT2D eigenvalue weighted by atomic mass is 16.5. The van der Waals surface area contributed by atoms with E-state index in [1.807, 2.05) is 61.7 Å². The Bertz CT molecular complexity index is 1610. The van der Waals surface area contributed by atoms with Crippen LogP contribution in [0.25, 0.3) is 22.3 Å². The number of benzene rings is 3. The van der Waals surface area contributed by atoms with Gasteiger partial charge in [-0.25, -0.2) is 9.59 Å². The van der Waals surface area contributed by atoms with Gasteiger partial charge in [-0.3, -0.25) is 5.32 Å². The summed E-state index contributed by atoms with van der Waals surface area (Å²) in [6.07, 6.45) is 3.37. The predicted molar refractivity (Wildman–Crippen MR) is 147 cm³/mol. The Labute approximate surface area is 224 Å². The van der Waals surface area contributed by atoms with Crippen molar-refractivity contribution < 1.29 is 19.4 Å². The minimum Gasteiger partial charge on any atom is -0.478 e. The minimum atomic E-state index is -0.991. The fourth-order valence-electron chi connectivity index (χ4n) is 4.26. The van der Waals surface area contributed by atoms with E-state index in [2.05, 4.69) is 25.3 Å². The zero-order valence-electron chi connectivity index (χ0n) is 21.4. The van der Waals surface area contributed by atoms with Gasteiger partial charge in [-0.05, 0) is 52.4 Å². The molecular weight excluding hydrogens is 496 g/mol. The lowest BCUT2D eigenvalue weighted by molar-refractivity contribution is 0.0695. The highest BCUT2D eigenvalue weighted by Crippen LogP contribution is 2.23. The van der Waals surface area contributed by atoms with Crippen molar-refractivity contribution in [2.24, 2.45) is 0 Å². The highest BCUT2D eigenvalue weighted by molar-refractivity contribution is 5.90. The lowest BCUT2D eigenvalue weighted by atomic mass is 10.1. The molecule has 0 radical (unpaired) electrons. The number of aromatic carboxylic acids is 1. The van der Waals surface area contributed by atoms with E-state index in [-0.39, 0.29) is 12.1 Å². The Kier molecular flexibility index (Phi) is 7.63. The van der Waals surface area contributed by atoms with Crippen LogP contribution in [0.5, 0.6) is 0 Å². The third kappa shape index (κ3) is 6.12. The van der Waals surface area contributed by atoms with Gasteiger partial charge in [-0.15, -0.1) is 10.2 Å². The number of nitrogens with one attached hydrogen (secondary N) is 1. The zero-order valence-corrected chi connectivity index (χ0v) is 21.4. The highest BCUT2D eigenvalue weighted by Gasteiger charge is 2.13. The summed E-state index contributed by atoms with van der Waals surface area (Å²) < 4.78 is 7.32. The molecule has 0 saturated carbocycles. The first-order valence-electron chi connectivity index (χ1n) is 12.7. The number of carboxylic acid groups (broad SMARTS) is 1. The van der Waals surface area contributed by atoms with Crippen LogP contribution in [0, 0.1) is 0 Å². The number of nitrogens with zero attached hydrogens (tertiary/aromatic N) is 5. The molecule has 0 spiro atoms. The van der Waals surface area contributed by atoms with Crippen molar-refractivity contribution in [1.29, 1.82) is 0 Å². The van der Waals surface area contributed by atoms with E-state index >= 15 is 0 Å². The van der Waals surface area contributed by atoms with Crippen molar-refractivity contribution in [1.82, 2.24) is 24.8 Å². The number of hydrogen-bond donors (Lipinski definition) is 2. The van der Waals surface area contributed by atoms with Crippen LogP contribution in [-0.2, 0) is 17.8 Å². The number of carbonyl (C=O) groups is 2. The number of tetrazole rings is 1. The van der Waals surface area contributed by atoms with Gasteiger partial charge in [0.25, 0.3) is 0 Å². The molecule has 0 bridgehead atoms. The molecule has 2 N–H and O–H groups in total. The molecule has 10 heteroatoms. The molecule has 0 aliphatic carbocycles. The summed E-state index contributed by atoms with van der Waals surface area (Å²) in [7, 11) is 0. The standard InChI is InChI=1S/C29H28N6O4/c1-2-3-16-39-29(38)30-24-13-12-21-14-15-34(26(21)17-24)18-20-8-10-22(11-9-20)27-31-33-35(32-27)19-23-6-4-5-7-25(23)28(36)37/h4-15,17H,2-3,16,18-19H2,1H3,(H,30,38)(H,36,37). The molecule has 0 aliphatic rings. The molecule has 3 aromatic carbocycles. The van der Waals surface area contributed by atoms with Crippen molar-refractivity contribution >= 4 is 28.7 Å². The van der Waals surface area contributed by atoms with Crippen molar-refractivity contribution in [3.63, 3.8) is 0 Å². The molecule has 0 fully saturated rings. The number of unbranched alkanes of at least 4 members (excludes halogenated alkanes) is 1. The predicted octanol–water partition coefficient (Wildman–Crippen LogP) is 5.44. The SMILES string of the molecule is CCCCOC(=O)Nc1ccc2ccn(Cc3ccc(-c4nnn(Cc5ccccc5C(=O)O)n4)cc3)c2c1. The summed E-state index contributed by atoms with van der Waals surface area (Å²) in [5, 5.41) is 25.9. The van der Waals surface area contributed by atoms with Gasteiger partial charge in [-0.1, -0.05) is 61.9 Å². The average Bonchev–Trinajstić information content (AvgIpc) is 3.56. The molecule has 198 valence electrons. The second-order valence-electron chi connectivity index (χ2n) is 9.13. The Balaban J connectivity index is 1.26. The third-order valence-corrected chi connectivity index (χ3v) is 6.33. The van der Waals surface area contributed by atoms with E-state index in [1.165, 1.54) is 4.80 Å². The van der Waals surface area contributed by atoms with Crippen LogP contribution in [0.3, 0.4) is 0 Å². The molecule has 2 aromatic heterocycles. The maximum Gasteiger partial charge on any atom is 0.411 e. The van der Waals surface area contributed by atoms with Crippen molar-refractivity contribution in [3.05, 3.63) is 95.7 Å². The zero-order chi connectivity index (χ0) is 27.2. The number of hydrogen-bond acceptors (Lipinski definition) is 6. The molecule has 0 saturated heterocycles. The normalized spacial score (nSPS) is 11.0. The van der Waals surface area contributed by atoms with E-state index in [0.29, 0.717) is 30.2 Å². The molecule has 2 heterocycles. The maximum atomic E-state index is 12.0. The fourth-order valence-corrected chi connectivity index (χ4v) is 4.26. The van der Waals surface area contributed by atoms with Gasteiger partial charge < -0.3 is 14.4 Å². The number of fused-ring (bicyclic) bond motifs is 1. The summed E-state index contributed by atoms with van der Waals surface area (Å²) >= 11 is 0. The Morgan fingerprint density at radius 3 is 2.62 bits per heavy atom. The summed E-state index contributed by atoms with van der Waals surface area (Å²) in [5.74, 6) is -0.531. The number of carbonyl (C=O) groups excluding carboxylic acids is 1. The summed E-state index contributed by atoms with van der Waals surface area (Å²) in [5.41, 5.74) is 4.39. The monoisotopic (exact) mass is 524 g/mol. The molecule has 5 rings (SSSR count). The molecular formula is C29H28N6O4. The first-order chi connectivity index (χ1) is 19.0. The van der Waals surface area contributed by atoms with E-state index < -0.39 is 12.1 Å². The maximum absolute atomic E-state index is 12.0. The van der Waals surface area contributed by atoms with Gasteiger partial charge >= 0.3 is 12.1 Å². The molecule has 0 aliphatic heterocycles. The van der Waals surface area contributed by atoms with Crippen LogP contribution < -0.4 is 5.32 Å². The second kappa shape index (κ2) is 11.6. The van der Waals surface area contributed by atoms with Gasteiger partial charge in [0.2, 0.25) is 5.82 Å². The van der Waals surface area contributed by atoms with Gasteiger partial charge in [0.05, 0.1) is 24.2 Å². The molecule has 1 amide bonds. The number of carboxylic acids is 1.